The van der Waals surface area contributed by atoms with Crippen LogP contribution in [0.3, 0.4) is 0 Å². The summed E-state index contributed by atoms with van der Waals surface area (Å²) in [4.78, 5) is 139. The third kappa shape index (κ3) is 20.2. The van der Waals surface area contributed by atoms with Gasteiger partial charge in [-0.1, -0.05) is 108 Å². The maximum Gasteiger partial charge on any atom is 0.246 e. The molecule has 32 heteroatoms. The molecule has 16 rings (SSSR count). The Kier molecular flexibility index (Phi) is 28.8. The fourth-order valence-electron chi connectivity index (χ4n) is 19.5. The molecule has 7 aliphatic heterocycles. The molecule has 0 radical (unpaired) electrons. The molecule has 30 nitrogen and oxygen atoms in total. The Bertz CT molecular complexity index is 4730. The highest BCUT2D eigenvalue weighted by Gasteiger charge is 2.53. The molecule has 7 heterocycles. The van der Waals surface area contributed by atoms with Gasteiger partial charge in [0.1, 0.15) is 83.4 Å². The molecule has 0 unspecified atom stereocenters. The quantitative estimate of drug-likeness (QED) is 0.0270. The molecule has 660 valence electrons. The number of aliphatic hydroxyl groups is 6. The number of phenols is 3. The fraction of sp³-hybridized carbons (Fsp3) is 0.567. The molecule has 6 amide bonds. The molecule has 5 aromatic rings. The third-order valence-electron chi connectivity index (χ3n) is 25.8. The average Bonchev–Trinajstić information content (AvgIpc) is 0.769. The lowest BCUT2D eigenvalue weighted by Crippen LogP contribution is -2.64. The summed E-state index contributed by atoms with van der Waals surface area (Å²) in [7, 11) is 0. The summed E-state index contributed by atoms with van der Waals surface area (Å²) in [5, 5.41) is 120. The van der Waals surface area contributed by atoms with Crippen LogP contribution in [0.15, 0.2) is 78.9 Å². The number of aromatic hydroxyl groups is 3. The molecule has 6 fully saturated rings. The van der Waals surface area contributed by atoms with E-state index in [4.69, 9.17) is 57.4 Å². The second-order valence-corrected chi connectivity index (χ2v) is 36.2. The molecule has 18 atom stereocenters. The summed E-state index contributed by atoms with van der Waals surface area (Å²) < 4.78 is 39.3. The minimum atomic E-state index is -2.21. The van der Waals surface area contributed by atoms with Gasteiger partial charge in [-0.25, -0.2) is 0 Å². The Morgan fingerprint density at radius 1 is 0.664 bits per heavy atom. The number of nitrogens with one attached hydrogen (secondary N) is 5. The summed E-state index contributed by atoms with van der Waals surface area (Å²) in [5.41, 5.74) is 3.67. The van der Waals surface area contributed by atoms with E-state index >= 15 is 28.8 Å². The lowest BCUT2D eigenvalue weighted by molar-refractivity contribution is -0.333. The zero-order chi connectivity index (χ0) is 87.6. The first-order valence-corrected chi connectivity index (χ1v) is 43.4. The molecule has 0 spiro atoms. The van der Waals surface area contributed by atoms with Crippen molar-refractivity contribution in [3.05, 3.63) is 117 Å². The highest BCUT2D eigenvalue weighted by atomic mass is 35.5. The first-order chi connectivity index (χ1) is 58.1. The molecule has 4 aliphatic carbocycles. The van der Waals surface area contributed by atoms with E-state index in [1.807, 2.05) is 13.8 Å². The highest BCUT2D eigenvalue weighted by molar-refractivity contribution is 6.32. The second kappa shape index (κ2) is 38.7. The highest BCUT2D eigenvalue weighted by Crippen LogP contribution is 2.59. The number of rotatable bonds is 23. The van der Waals surface area contributed by atoms with Crippen molar-refractivity contribution >= 4 is 76.0 Å². The van der Waals surface area contributed by atoms with Crippen molar-refractivity contribution in [1.82, 2.24) is 26.6 Å². The number of hydrogen-bond donors (Lipinski definition) is 15. The van der Waals surface area contributed by atoms with Gasteiger partial charge in [0.05, 0.1) is 40.7 Å². The number of ketones is 3. The van der Waals surface area contributed by atoms with E-state index < -0.39 is 222 Å². The normalized spacial score (nSPS) is 31.0. The van der Waals surface area contributed by atoms with Crippen molar-refractivity contribution in [2.24, 2.45) is 53.1 Å². The molecule has 0 aromatic heterocycles. The summed E-state index contributed by atoms with van der Waals surface area (Å²) >= 11 is 14.6. The number of hydrogen-bond acceptors (Lipinski definition) is 25. The number of benzene rings is 5. The van der Waals surface area contributed by atoms with Gasteiger partial charge < -0.3 is 101 Å². The number of ether oxygens (including phenoxy) is 6. The van der Waals surface area contributed by atoms with Crippen LogP contribution in [0.1, 0.15) is 228 Å². The number of Topliss-reactive ketones (excluding diaryl/α,β-unsaturated/α-hetero) is 3. The van der Waals surface area contributed by atoms with Crippen LogP contribution in [0.4, 0.5) is 0 Å². The van der Waals surface area contributed by atoms with Crippen LogP contribution in [0, 0.1) is 47.3 Å². The van der Waals surface area contributed by atoms with Crippen molar-refractivity contribution in [3.63, 3.8) is 0 Å². The first kappa shape index (κ1) is 90.8. The Morgan fingerprint density at radius 3 is 1.91 bits per heavy atom. The van der Waals surface area contributed by atoms with E-state index in [0.29, 0.717) is 31.1 Å². The number of aliphatic hydroxyl groups excluding tert-OH is 6. The lowest BCUT2D eigenvalue weighted by atomic mass is 9.51. The Hall–Kier alpha value is -8.89. The van der Waals surface area contributed by atoms with E-state index in [2.05, 4.69) is 33.5 Å². The van der Waals surface area contributed by atoms with E-state index in [0.717, 1.165) is 94.5 Å². The van der Waals surface area contributed by atoms with E-state index in [1.165, 1.54) is 62.4 Å². The number of nitrogens with two attached hydrogens (primary N) is 1. The molecule has 15 bridgehead atoms. The molecule has 2 saturated heterocycles. The monoisotopic (exact) mass is 1730 g/mol. The smallest absolute Gasteiger partial charge is 0.246 e. The van der Waals surface area contributed by atoms with Crippen LogP contribution in [-0.4, -0.2) is 172 Å². The van der Waals surface area contributed by atoms with Crippen LogP contribution in [0.2, 0.25) is 10.0 Å². The van der Waals surface area contributed by atoms with Crippen LogP contribution in [0.5, 0.6) is 46.0 Å². The maximum absolute atomic E-state index is 16.8. The number of phenolic OH excluding ortho intramolecular Hbond substituents is 3. The van der Waals surface area contributed by atoms with Gasteiger partial charge in [-0.2, -0.15) is 0 Å². The predicted octanol–water partition coefficient (Wildman–Crippen LogP) is 9.77. The Balaban J connectivity index is 1.01. The van der Waals surface area contributed by atoms with Gasteiger partial charge >= 0.3 is 0 Å². The molecule has 5 aromatic carbocycles. The number of halogens is 2. The number of carbonyl (C=O) groups excluding carboxylic acids is 9. The SMILES string of the molecule is CCCCCCCCCC(=O)NC(=O)C[C@@H]1CC(=O)[C@H](NC(=O)[C@H](CC)CC(C)C)[C@H](O)c2ccc(c(Cl)c2)Oc2cc3cc(c2O[C@@H]2O[C@H](CO)[C@@H](O)[C@H](O)[C@H]2O[C@H]2C[C@](C)(N)[C@H](O)[C@H](C)O2)Oc2ccc(cc2Cl)[C@H](O)[C@H]2NC(=O)[C@H](CC(=O)[C@@H]3NC1=O)c1ccc(O)c(c1)-c1c(O)cc(O)cc1[C@@H](C(=O)CC1C3CC4CC(C3)CC1C4)NC2=O. The van der Waals surface area contributed by atoms with Crippen LogP contribution in [-0.2, 0) is 57.4 Å². The molecule has 16 N–H and O–H groups in total. The fourth-order valence-corrected chi connectivity index (χ4v) is 20.0. The molecular formula is C90H112Cl2N6O24. The van der Waals surface area contributed by atoms with Crippen LogP contribution >= 0.6 is 23.2 Å². The van der Waals surface area contributed by atoms with E-state index in [9.17, 15) is 60.3 Å². The van der Waals surface area contributed by atoms with Crippen LogP contribution in [0.25, 0.3) is 11.1 Å². The third-order valence-corrected chi connectivity index (χ3v) is 26.4. The summed E-state index contributed by atoms with van der Waals surface area (Å²) in [6.45, 7) is 9.73. The number of amides is 6. The van der Waals surface area contributed by atoms with Gasteiger partial charge in [0, 0.05) is 67.2 Å². The molecule has 11 aliphatic rings. The Labute approximate surface area is 716 Å². The van der Waals surface area contributed by atoms with Gasteiger partial charge in [0.15, 0.2) is 41.2 Å². The zero-order valence-electron chi connectivity index (χ0n) is 69.1. The predicted molar refractivity (Wildman–Crippen MR) is 442 cm³/mol. The van der Waals surface area contributed by atoms with Crippen molar-refractivity contribution in [2.75, 3.05) is 6.61 Å². The van der Waals surface area contributed by atoms with Crippen molar-refractivity contribution < 1.29 is 118 Å². The standard InChI is InChI=1S/C90H112Cl2N6O24/c1-7-9-10-11-12-13-14-15-70(106)94-71(107)34-52-31-62(103)76(97-85(113)45(8-2)22-41(3)4)78(108)47-17-20-65(58(91)29-47)118-67-32-51-33-68(82(67)122-89-83(81(111)80(110)69(40-99)120-89)121-72-39-90(6,93)84(112)42(5)117-72)119-66-21-18-48(30-59(66)92)79(109)77-88(116)96-75(64(105)37-54-49-24-43-23-44(26-49)27-50(54)25-43)57-35-53(100)36-61(102)73(57)56-28-46(16-19-60(56)101)55(87(115)98-77)38-63(104)74(51)95-86(52)114/h16-21,28-30,32-33,35-36,41-45,49-50,52,54-55,69,72,74-81,83-84,89,99-102,108-112H,7-15,22-27,31,34,37-40,93H2,1-6H3,(H,95,114)(H,96,116)(H,97,113)(H,98,115)(H,94,106,107)/t42-,43?,44?,45+,49?,50?,52-,54?,55+,69+,72-,74+,75-,76-,77+,78+,79-,80+,81-,83+,84+,89-,90-/m0/s1. The summed E-state index contributed by atoms with van der Waals surface area (Å²) in [6, 6.07) is 7.39. The van der Waals surface area contributed by atoms with E-state index in [1.54, 1.807) is 6.92 Å². The first-order valence-electron chi connectivity index (χ1n) is 42.7. The second-order valence-electron chi connectivity index (χ2n) is 35.4. The number of unbranched alkanes of at least 4 members (excludes halogenated alkanes) is 6. The number of fused-ring (bicyclic) bond motifs is 15. The van der Waals surface area contributed by atoms with Crippen molar-refractivity contribution in [2.45, 2.75) is 267 Å². The van der Waals surface area contributed by atoms with Crippen molar-refractivity contribution in [1.29, 1.82) is 0 Å². The number of carbonyl (C=O) groups is 9. The molecular weight excluding hydrogens is 1620 g/mol. The summed E-state index contributed by atoms with van der Waals surface area (Å²) in [5.74, 6) is -16.3. The zero-order valence-corrected chi connectivity index (χ0v) is 70.6. The van der Waals surface area contributed by atoms with Gasteiger partial charge in [-0.05, 0) is 183 Å². The minimum absolute atomic E-state index is 0.0334. The van der Waals surface area contributed by atoms with Crippen LogP contribution < -0.4 is 46.5 Å². The van der Waals surface area contributed by atoms with E-state index in [-0.39, 0.29) is 110 Å². The average molecular weight is 1730 g/mol. The largest absolute Gasteiger partial charge is 0.508 e. The topological polar surface area (TPSA) is 477 Å². The Morgan fingerprint density at radius 2 is 1.30 bits per heavy atom. The number of imide groups is 1. The van der Waals surface area contributed by atoms with Gasteiger partial charge in [-0.15, -0.1) is 0 Å². The van der Waals surface area contributed by atoms with Gasteiger partial charge in [0.25, 0.3) is 0 Å². The van der Waals surface area contributed by atoms with Gasteiger partial charge in [0.2, 0.25) is 47.5 Å². The minimum Gasteiger partial charge on any atom is -0.508 e. The molecule has 4 saturated carbocycles. The van der Waals surface area contributed by atoms with Gasteiger partial charge in [-0.3, -0.25) is 48.5 Å². The summed E-state index contributed by atoms with van der Waals surface area (Å²) in [6.07, 6.45) is -9.43. The lowest BCUT2D eigenvalue weighted by Gasteiger charge is -2.54. The maximum atomic E-state index is 16.8. The van der Waals surface area contributed by atoms with Crippen molar-refractivity contribution in [3.8, 4) is 57.1 Å². The molecule has 122 heavy (non-hydrogen) atoms.